The molecule has 0 saturated carbocycles. The number of para-hydroxylation sites is 1. The van der Waals surface area contributed by atoms with Crippen molar-refractivity contribution < 1.29 is 13.6 Å². The molecular weight excluding hydrogens is 383 g/mol. The molecule has 126 valence electrons. The van der Waals surface area contributed by atoms with Gasteiger partial charge in [0.1, 0.15) is 4.47 Å². The molecule has 0 aliphatic heterocycles. The Balaban J connectivity index is 2.49. The van der Waals surface area contributed by atoms with Gasteiger partial charge in [-0.1, -0.05) is 18.2 Å². The van der Waals surface area contributed by atoms with Gasteiger partial charge in [0.2, 0.25) is 0 Å². The van der Waals surface area contributed by atoms with Gasteiger partial charge in [0, 0.05) is 7.05 Å². The van der Waals surface area contributed by atoms with Crippen LogP contribution in [-0.2, 0) is 26.8 Å². The molecule has 0 aliphatic rings. The molecule has 1 heterocycles. The third-order valence-electron chi connectivity index (χ3n) is 3.32. The van der Waals surface area contributed by atoms with E-state index in [1.807, 2.05) is 30.3 Å². The van der Waals surface area contributed by atoms with Crippen LogP contribution < -0.4 is 5.56 Å². The molecule has 0 bridgehead atoms. The second-order valence-electron chi connectivity index (χ2n) is 4.84. The van der Waals surface area contributed by atoms with E-state index in [0.717, 1.165) is 5.69 Å². The third-order valence-corrected chi connectivity index (χ3v) is 6.11. The molecule has 0 fully saturated rings. The standard InChI is InChI=1S/C15H20BrN2O4P/c1-4-21-23(20,22-5-2)11-13-14(16)15(19)18(17(13)3)12-9-7-6-8-10-12/h6-10H,4-5,11H2,1-3H3. The average Bonchev–Trinajstić information content (AvgIpc) is 2.72. The molecular formula is C15H20BrN2O4P. The van der Waals surface area contributed by atoms with Gasteiger partial charge in [-0.15, -0.1) is 0 Å². The molecule has 0 unspecified atom stereocenters. The monoisotopic (exact) mass is 402 g/mol. The Hall–Kier alpha value is -1.14. The maximum atomic E-state index is 12.8. The zero-order chi connectivity index (χ0) is 17.0. The van der Waals surface area contributed by atoms with Crippen LogP contribution in [0.25, 0.3) is 5.69 Å². The molecule has 6 nitrogen and oxygen atoms in total. The van der Waals surface area contributed by atoms with E-state index in [1.54, 1.807) is 25.6 Å². The minimum Gasteiger partial charge on any atom is -0.309 e. The number of benzene rings is 1. The Morgan fingerprint density at radius 1 is 1.13 bits per heavy atom. The van der Waals surface area contributed by atoms with Crippen molar-refractivity contribution in [2.75, 3.05) is 13.2 Å². The largest absolute Gasteiger partial charge is 0.336 e. The van der Waals surface area contributed by atoms with Gasteiger partial charge in [-0.3, -0.25) is 14.0 Å². The molecule has 2 rings (SSSR count). The zero-order valence-corrected chi connectivity index (χ0v) is 15.8. The molecule has 23 heavy (non-hydrogen) atoms. The Morgan fingerprint density at radius 3 is 2.22 bits per heavy atom. The summed E-state index contributed by atoms with van der Waals surface area (Å²) in [7, 11) is -1.55. The van der Waals surface area contributed by atoms with Gasteiger partial charge < -0.3 is 9.05 Å². The summed E-state index contributed by atoms with van der Waals surface area (Å²) in [4.78, 5) is 12.5. The first-order chi connectivity index (χ1) is 10.9. The number of nitrogens with zero attached hydrogens (tertiary/aromatic N) is 2. The second kappa shape index (κ2) is 7.62. The molecule has 0 N–H and O–H groups in total. The maximum absolute atomic E-state index is 12.8. The fourth-order valence-corrected chi connectivity index (χ4v) is 4.91. The van der Waals surface area contributed by atoms with E-state index >= 15 is 0 Å². The van der Waals surface area contributed by atoms with Crippen LogP contribution >= 0.6 is 23.5 Å². The second-order valence-corrected chi connectivity index (χ2v) is 7.69. The topological polar surface area (TPSA) is 62.5 Å². The van der Waals surface area contributed by atoms with Crippen LogP contribution in [0.15, 0.2) is 39.6 Å². The minimum absolute atomic E-state index is 0.0286. The summed E-state index contributed by atoms with van der Waals surface area (Å²) in [6.07, 6.45) is 0.0286. The summed E-state index contributed by atoms with van der Waals surface area (Å²) in [5, 5.41) is 0. The molecule has 0 amide bonds. The summed E-state index contributed by atoms with van der Waals surface area (Å²) in [6, 6.07) is 9.26. The highest BCUT2D eigenvalue weighted by atomic mass is 79.9. The van der Waals surface area contributed by atoms with Crippen LogP contribution in [0.5, 0.6) is 0 Å². The van der Waals surface area contributed by atoms with E-state index in [2.05, 4.69) is 15.9 Å². The smallest absolute Gasteiger partial charge is 0.309 e. The molecule has 2 aromatic rings. The number of aromatic nitrogens is 2. The lowest BCUT2D eigenvalue weighted by molar-refractivity contribution is 0.218. The van der Waals surface area contributed by atoms with Crippen LogP contribution in [-0.4, -0.2) is 22.6 Å². The summed E-state index contributed by atoms with van der Waals surface area (Å²) >= 11 is 3.32. The lowest BCUT2D eigenvalue weighted by Crippen LogP contribution is -2.19. The summed E-state index contributed by atoms with van der Waals surface area (Å²) < 4.78 is 27.0. The summed E-state index contributed by atoms with van der Waals surface area (Å²) in [5.41, 5.74) is 1.09. The normalized spacial score (nSPS) is 11.8. The highest BCUT2D eigenvalue weighted by molar-refractivity contribution is 9.10. The van der Waals surface area contributed by atoms with Gasteiger partial charge >= 0.3 is 7.60 Å². The Morgan fingerprint density at radius 2 is 1.70 bits per heavy atom. The molecule has 0 aliphatic carbocycles. The van der Waals surface area contributed by atoms with Crippen molar-refractivity contribution in [3.05, 3.63) is 50.9 Å². The molecule has 1 aromatic heterocycles. The van der Waals surface area contributed by atoms with Gasteiger partial charge in [0.25, 0.3) is 5.56 Å². The number of hydrogen-bond acceptors (Lipinski definition) is 4. The van der Waals surface area contributed by atoms with E-state index in [4.69, 9.17) is 9.05 Å². The van der Waals surface area contributed by atoms with Crippen LogP contribution in [0.2, 0.25) is 0 Å². The van der Waals surface area contributed by atoms with E-state index in [0.29, 0.717) is 10.2 Å². The third kappa shape index (κ3) is 3.86. The quantitative estimate of drug-likeness (QED) is 0.662. The summed E-state index contributed by atoms with van der Waals surface area (Å²) in [5.74, 6) is 0. The average molecular weight is 403 g/mol. The fourth-order valence-electron chi connectivity index (χ4n) is 2.35. The Bertz CT molecular complexity index is 760. The van der Waals surface area contributed by atoms with Crippen LogP contribution in [0.1, 0.15) is 19.5 Å². The van der Waals surface area contributed by atoms with E-state index in [1.165, 1.54) is 4.68 Å². The Kier molecular flexibility index (Phi) is 6.03. The first kappa shape index (κ1) is 18.2. The molecule has 0 saturated heterocycles. The highest BCUT2D eigenvalue weighted by Gasteiger charge is 2.29. The van der Waals surface area contributed by atoms with Crippen molar-refractivity contribution in [3.63, 3.8) is 0 Å². The van der Waals surface area contributed by atoms with Crippen molar-refractivity contribution in [1.29, 1.82) is 0 Å². The van der Waals surface area contributed by atoms with Gasteiger partial charge in [0.05, 0.1) is 30.8 Å². The van der Waals surface area contributed by atoms with E-state index in [-0.39, 0.29) is 24.9 Å². The highest BCUT2D eigenvalue weighted by Crippen LogP contribution is 2.51. The van der Waals surface area contributed by atoms with Crippen molar-refractivity contribution in [2.45, 2.75) is 20.0 Å². The Labute approximate surface area is 143 Å². The fraction of sp³-hybridized carbons (Fsp3) is 0.400. The minimum atomic E-state index is -3.30. The van der Waals surface area contributed by atoms with Crippen LogP contribution in [0, 0.1) is 0 Å². The van der Waals surface area contributed by atoms with Crippen molar-refractivity contribution in [3.8, 4) is 5.69 Å². The number of rotatable bonds is 7. The molecule has 0 radical (unpaired) electrons. The number of hydrogen-bond donors (Lipinski definition) is 0. The van der Waals surface area contributed by atoms with Crippen LogP contribution in [0.4, 0.5) is 0 Å². The zero-order valence-electron chi connectivity index (χ0n) is 13.4. The lowest BCUT2D eigenvalue weighted by atomic mass is 10.3. The van der Waals surface area contributed by atoms with E-state index in [9.17, 15) is 9.36 Å². The molecule has 8 heteroatoms. The van der Waals surface area contributed by atoms with E-state index < -0.39 is 7.60 Å². The molecule has 0 atom stereocenters. The summed E-state index contributed by atoms with van der Waals surface area (Å²) in [6.45, 7) is 4.08. The van der Waals surface area contributed by atoms with Crippen LogP contribution in [0.3, 0.4) is 0 Å². The van der Waals surface area contributed by atoms with Crippen molar-refractivity contribution in [2.24, 2.45) is 7.05 Å². The molecule has 0 spiro atoms. The van der Waals surface area contributed by atoms with Gasteiger partial charge in [-0.25, -0.2) is 4.68 Å². The van der Waals surface area contributed by atoms with Gasteiger partial charge in [-0.05, 0) is 41.9 Å². The first-order valence-corrected chi connectivity index (χ1v) is 9.85. The van der Waals surface area contributed by atoms with Gasteiger partial charge in [-0.2, -0.15) is 0 Å². The predicted molar refractivity (Wildman–Crippen MR) is 93.3 cm³/mol. The predicted octanol–water partition coefficient (Wildman–Crippen LogP) is 3.70. The maximum Gasteiger partial charge on any atom is 0.336 e. The number of halogens is 1. The molecule has 1 aromatic carbocycles. The van der Waals surface area contributed by atoms with Gasteiger partial charge in [0.15, 0.2) is 0 Å². The SMILES string of the molecule is CCOP(=O)(Cc1c(Br)c(=O)n(-c2ccccc2)n1C)OCC. The van der Waals surface area contributed by atoms with Crippen molar-refractivity contribution >= 4 is 23.5 Å². The first-order valence-electron chi connectivity index (χ1n) is 7.33. The lowest BCUT2D eigenvalue weighted by Gasteiger charge is -2.18. The van der Waals surface area contributed by atoms with Crippen molar-refractivity contribution in [1.82, 2.24) is 9.36 Å².